The average molecular weight is 462 g/mol. The van der Waals surface area contributed by atoms with Gasteiger partial charge in [0.25, 0.3) is 11.7 Å². The summed E-state index contributed by atoms with van der Waals surface area (Å²) >= 11 is 0. The maximum atomic E-state index is 14.7. The summed E-state index contributed by atoms with van der Waals surface area (Å²) in [6, 6.07) is 9.18. The first kappa shape index (κ1) is 21.2. The molecule has 172 valence electrons. The Kier molecular flexibility index (Phi) is 5.46. The van der Waals surface area contributed by atoms with E-state index in [1.165, 1.54) is 28.2 Å². The zero-order valence-electron chi connectivity index (χ0n) is 17.8. The molecule has 4 heterocycles. The third-order valence-corrected chi connectivity index (χ3v) is 5.71. The summed E-state index contributed by atoms with van der Waals surface area (Å²) in [5.74, 6) is -1.64. The van der Waals surface area contributed by atoms with Gasteiger partial charge in [0.05, 0.1) is 35.1 Å². The number of benzene rings is 1. The van der Waals surface area contributed by atoms with Crippen molar-refractivity contribution >= 4 is 28.4 Å². The first-order chi connectivity index (χ1) is 16.6. The number of halogens is 1. The molecule has 1 aliphatic heterocycles. The number of nitrogens with one attached hydrogen (secondary N) is 1. The predicted molar refractivity (Wildman–Crippen MR) is 118 cm³/mol. The molecule has 0 unspecified atom stereocenters. The van der Waals surface area contributed by atoms with Crippen molar-refractivity contribution in [3.8, 4) is 5.82 Å². The number of carbonyl (C=O) groups excluding carboxylic acids is 2. The molecule has 1 aromatic carbocycles. The first-order valence-corrected chi connectivity index (χ1v) is 10.5. The Morgan fingerprint density at radius 1 is 1.09 bits per heavy atom. The highest BCUT2D eigenvalue weighted by molar-refractivity contribution is 6.45. The quantitative estimate of drug-likeness (QED) is 0.117. The molecule has 0 radical (unpaired) electrons. The lowest BCUT2D eigenvalue weighted by atomic mass is 10.1. The maximum absolute atomic E-state index is 14.7. The molecule has 2 N–H and O–H groups in total. The van der Waals surface area contributed by atoms with Crippen LogP contribution < -0.4 is 0 Å². The third kappa shape index (κ3) is 3.64. The lowest BCUT2D eigenvalue weighted by Gasteiger charge is -2.35. The molecule has 5 rings (SSSR count). The van der Waals surface area contributed by atoms with E-state index in [9.17, 15) is 19.2 Å². The number of H-pyrrole nitrogens is 1. The molecule has 0 saturated carbocycles. The second-order valence-corrected chi connectivity index (χ2v) is 7.63. The smallest absolute Gasteiger partial charge is 0.295 e. The summed E-state index contributed by atoms with van der Waals surface area (Å²) in [6.07, 6.45) is 5.26. The van der Waals surface area contributed by atoms with Gasteiger partial charge in [0.1, 0.15) is 0 Å². The minimum atomic E-state index is -0.826. The molecular weight excluding hydrogens is 443 g/mol. The Balaban J connectivity index is 1.35. The van der Waals surface area contributed by atoms with Crippen LogP contribution in [0.1, 0.15) is 15.9 Å². The molecule has 1 fully saturated rings. The monoisotopic (exact) mass is 462 g/mol. The number of Topliss-reactive ketones (excluding diaryl/α,β-unsaturated/α-hetero) is 1. The zero-order valence-corrected chi connectivity index (χ0v) is 17.8. The van der Waals surface area contributed by atoms with E-state index in [0.717, 1.165) is 11.8 Å². The summed E-state index contributed by atoms with van der Waals surface area (Å²) in [7, 11) is 0. The van der Waals surface area contributed by atoms with Crippen LogP contribution in [0.5, 0.6) is 0 Å². The van der Waals surface area contributed by atoms with Gasteiger partial charge in [0, 0.05) is 37.9 Å². The van der Waals surface area contributed by atoms with Gasteiger partial charge in [-0.2, -0.15) is 0 Å². The van der Waals surface area contributed by atoms with Gasteiger partial charge in [0.2, 0.25) is 0 Å². The second kappa shape index (κ2) is 8.73. The van der Waals surface area contributed by atoms with Gasteiger partial charge in [0.15, 0.2) is 17.5 Å². The largest absolute Gasteiger partial charge is 0.409 e. The van der Waals surface area contributed by atoms with E-state index in [2.05, 4.69) is 25.4 Å². The fourth-order valence-electron chi connectivity index (χ4n) is 4.04. The van der Waals surface area contributed by atoms with E-state index in [1.54, 1.807) is 0 Å². The number of amides is 1. The van der Waals surface area contributed by atoms with Gasteiger partial charge < -0.3 is 20.0 Å². The highest BCUT2D eigenvalue weighted by Crippen LogP contribution is 2.26. The molecule has 0 aliphatic carbocycles. The molecule has 12 heteroatoms. The topological polar surface area (TPSA) is 133 Å². The van der Waals surface area contributed by atoms with Crippen molar-refractivity contribution in [1.82, 2.24) is 34.8 Å². The third-order valence-electron chi connectivity index (χ3n) is 5.71. The first-order valence-electron chi connectivity index (χ1n) is 10.5. The fourth-order valence-corrected chi connectivity index (χ4v) is 4.04. The molecule has 1 amide bonds. The SMILES string of the molecule is O=C(C(=O)N1CCN(C(=NO)c2ccccc2)CC1)c1c[nH]c2c(-n3ccnn3)ncc(F)c12. The van der Waals surface area contributed by atoms with E-state index in [4.69, 9.17) is 0 Å². The van der Waals surface area contributed by atoms with Crippen LogP contribution in [0.3, 0.4) is 0 Å². The molecular formula is C22H19FN8O3. The zero-order chi connectivity index (χ0) is 23.7. The number of amidine groups is 1. The molecule has 0 spiro atoms. The number of hydrogen-bond acceptors (Lipinski definition) is 7. The lowest BCUT2D eigenvalue weighted by molar-refractivity contribution is -0.127. The van der Waals surface area contributed by atoms with Gasteiger partial charge in [-0.25, -0.2) is 14.1 Å². The minimum Gasteiger partial charge on any atom is -0.409 e. The normalized spacial score (nSPS) is 14.6. The number of oxime groups is 1. The standard InChI is InChI=1S/C22H19FN8O3/c23-16-13-25-21(31-7-6-26-28-31)18-17(16)15(12-24-18)19(32)22(33)30-10-8-29(9-11-30)20(27-34)14-4-2-1-3-5-14/h1-7,12-13,24,34H,8-11H2. The molecule has 0 atom stereocenters. The Labute approximate surface area is 192 Å². The number of fused-ring (bicyclic) bond motifs is 1. The maximum Gasteiger partial charge on any atom is 0.295 e. The van der Waals surface area contributed by atoms with Crippen molar-refractivity contribution in [2.24, 2.45) is 5.16 Å². The molecule has 1 saturated heterocycles. The molecule has 4 aromatic rings. The van der Waals surface area contributed by atoms with Crippen molar-refractivity contribution in [1.29, 1.82) is 0 Å². The Hall–Kier alpha value is -4.61. The number of pyridine rings is 1. The van der Waals surface area contributed by atoms with Gasteiger partial charge >= 0.3 is 0 Å². The summed E-state index contributed by atoms with van der Waals surface area (Å²) in [5, 5.41) is 20.4. The van der Waals surface area contributed by atoms with Gasteiger partial charge in [-0.05, 0) is 0 Å². The highest BCUT2D eigenvalue weighted by Gasteiger charge is 2.31. The van der Waals surface area contributed by atoms with Crippen LogP contribution in [-0.4, -0.2) is 83.7 Å². The summed E-state index contributed by atoms with van der Waals surface area (Å²) < 4.78 is 16.0. The van der Waals surface area contributed by atoms with Crippen LogP contribution in [0.25, 0.3) is 16.7 Å². The van der Waals surface area contributed by atoms with Crippen LogP contribution in [0.2, 0.25) is 0 Å². The Bertz CT molecular complexity index is 1380. The van der Waals surface area contributed by atoms with Gasteiger partial charge in [-0.3, -0.25) is 9.59 Å². The number of rotatable bonds is 4. The van der Waals surface area contributed by atoms with E-state index in [1.807, 2.05) is 35.2 Å². The Morgan fingerprint density at radius 3 is 2.50 bits per heavy atom. The highest BCUT2D eigenvalue weighted by atomic mass is 19.1. The van der Waals surface area contributed by atoms with Gasteiger partial charge in [-0.15, -0.1) is 5.10 Å². The average Bonchev–Trinajstić information content (AvgIpc) is 3.56. The number of aromatic nitrogens is 5. The lowest BCUT2D eigenvalue weighted by Crippen LogP contribution is -2.52. The van der Waals surface area contributed by atoms with Crippen LogP contribution >= 0.6 is 0 Å². The number of nitrogens with zero attached hydrogens (tertiary/aromatic N) is 7. The van der Waals surface area contributed by atoms with Crippen molar-refractivity contribution in [2.45, 2.75) is 0 Å². The molecule has 11 nitrogen and oxygen atoms in total. The summed E-state index contributed by atoms with van der Waals surface area (Å²) in [4.78, 5) is 36.1. The van der Waals surface area contributed by atoms with E-state index in [0.29, 0.717) is 18.9 Å². The fraction of sp³-hybridized carbons (Fsp3) is 0.182. The number of piperazine rings is 1. The van der Waals surface area contributed by atoms with Crippen LogP contribution in [0.4, 0.5) is 4.39 Å². The van der Waals surface area contributed by atoms with E-state index >= 15 is 0 Å². The number of ketones is 1. The number of aromatic amines is 1. The van der Waals surface area contributed by atoms with Crippen molar-refractivity contribution < 1.29 is 19.2 Å². The van der Waals surface area contributed by atoms with Crippen molar-refractivity contribution in [3.05, 3.63) is 72.1 Å². The van der Waals surface area contributed by atoms with Crippen LogP contribution in [-0.2, 0) is 4.79 Å². The van der Waals surface area contributed by atoms with Gasteiger partial charge in [-0.1, -0.05) is 40.7 Å². The van der Waals surface area contributed by atoms with Crippen molar-refractivity contribution in [3.63, 3.8) is 0 Å². The van der Waals surface area contributed by atoms with Crippen molar-refractivity contribution in [2.75, 3.05) is 26.2 Å². The molecule has 34 heavy (non-hydrogen) atoms. The van der Waals surface area contributed by atoms with E-state index in [-0.39, 0.29) is 35.4 Å². The summed E-state index contributed by atoms with van der Waals surface area (Å²) in [6.45, 7) is 1.23. The second-order valence-electron chi connectivity index (χ2n) is 7.63. The number of hydrogen-bond donors (Lipinski definition) is 2. The van der Waals surface area contributed by atoms with Crippen LogP contribution in [0.15, 0.2) is 60.3 Å². The molecule has 1 aliphatic rings. The van der Waals surface area contributed by atoms with Crippen LogP contribution in [0, 0.1) is 5.82 Å². The predicted octanol–water partition coefficient (Wildman–Crippen LogP) is 1.45. The minimum absolute atomic E-state index is 0.0312. The molecule has 0 bridgehead atoms. The number of carbonyl (C=O) groups is 2. The summed E-state index contributed by atoms with van der Waals surface area (Å²) in [5.41, 5.74) is 0.899. The molecule has 3 aromatic heterocycles. The Morgan fingerprint density at radius 2 is 1.82 bits per heavy atom. The van der Waals surface area contributed by atoms with E-state index < -0.39 is 17.5 Å².